The second-order valence-corrected chi connectivity index (χ2v) is 3.36. The summed E-state index contributed by atoms with van der Waals surface area (Å²) in [6.07, 6.45) is 0. The van der Waals surface area contributed by atoms with E-state index in [0.717, 1.165) is 0 Å². The standard InChI is InChI=1S/C9H14FN3/c1-6-9(10)7(2)12-8(11-6)5-13(3)4/h5H2,1-4H3. The van der Waals surface area contributed by atoms with E-state index in [4.69, 9.17) is 0 Å². The predicted octanol–water partition coefficient (Wildman–Crippen LogP) is 1.29. The second-order valence-electron chi connectivity index (χ2n) is 3.36. The minimum atomic E-state index is -0.303. The van der Waals surface area contributed by atoms with Gasteiger partial charge in [0.1, 0.15) is 5.82 Å². The van der Waals surface area contributed by atoms with Crippen molar-refractivity contribution in [2.24, 2.45) is 0 Å². The Balaban J connectivity index is 2.99. The summed E-state index contributed by atoms with van der Waals surface area (Å²) >= 11 is 0. The highest BCUT2D eigenvalue weighted by Crippen LogP contribution is 2.07. The van der Waals surface area contributed by atoms with E-state index in [1.807, 2.05) is 19.0 Å². The van der Waals surface area contributed by atoms with Gasteiger partial charge in [0.2, 0.25) is 0 Å². The molecule has 0 radical (unpaired) electrons. The number of halogens is 1. The Kier molecular flexibility index (Phi) is 2.93. The summed E-state index contributed by atoms with van der Waals surface area (Å²) in [6, 6.07) is 0. The number of hydrogen-bond donors (Lipinski definition) is 0. The van der Waals surface area contributed by atoms with Crippen LogP contribution in [0.2, 0.25) is 0 Å². The monoisotopic (exact) mass is 183 g/mol. The van der Waals surface area contributed by atoms with E-state index >= 15 is 0 Å². The first-order chi connectivity index (χ1) is 6.00. The molecule has 0 bridgehead atoms. The largest absolute Gasteiger partial charge is 0.302 e. The van der Waals surface area contributed by atoms with Crippen molar-refractivity contribution < 1.29 is 4.39 Å². The molecule has 0 aliphatic heterocycles. The Bertz CT molecular complexity index is 287. The smallest absolute Gasteiger partial charge is 0.165 e. The van der Waals surface area contributed by atoms with Gasteiger partial charge in [-0.15, -0.1) is 0 Å². The maximum atomic E-state index is 13.1. The molecule has 4 heteroatoms. The lowest BCUT2D eigenvalue weighted by Gasteiger charge is -2.09. The van der Waals surface area contributed by atoms with E-state index in [1.54, 1.807) is 13.8 Å². The number of hydrogen-bond acceptors (Lipinski definition) is 3. The Morgan fingerprint density at radius 1 is 1.15 bits per heavy atom. The zero-order valence-electron chi connectivity index (χ0n) is 8.43. The lowest BCUT2D eigenvalue weighted by molar-refractivity contribution is 0.387. The Hall–Kier alpha value is -1.03. The van der Waals surface area contributed by atoms with Gasteiger partial charge < -0.3 is 4.90 Å². The van der Waals surface area contributed by atoms with E-state index < -0.39 is 0 Å². The Morgan fingerprint density at radius 3 is 2.00 bits per heavy atom. The summed E-state index contributed by atoms with van der Waals surface area (Å²) in [5.74, 6) is 0.365. The highest BCUT2D eigenvalue weighted by Gasteiger charge is 2.07. The average molecular weight is 183 g/mol. The molecule has 1 rings (SSSR count). The van der Waals surface area contributed by atoms with Crippen LogP contribution in [0.5, 0.6) is 0 Å². The summed E-state index contributed by atoms with van der Waals surface area (Å²) in [6.45, 7) is 3.95. The summed E-state index contributed by atoms with van der Waals surface area (Å²) < 4.78 is 13.1. The van der Waals surface area contributed by atoms with Gasteiger partial charge in [-0.05, 0) is 27.9 Å². The zero-order valence-corrected chi connectivity index (χ0v) is 8.43. The Labute approximate surface area is 77.6 Å². The van der Waals surface area contributed by atoms with Crippen molar-refractivity contribution in [3.63, 3.8) is 0 Å². The number of nitrogens with zero attached hydrogens (tertiary/aromatic N) is 3. The highest BCUT2D eigenvalue weighted by molar-refractivity contribution is 5.11. The van der Waals surface area contributed by atoms with E-state index in [-0.39, 0.29) is 5.82 Å². The first-order valence-electron chi connectivity index (χ1n) is 4.15. The van der Waals surface area contributed by atoms with Crippen LogP contribution in [0.3, 0.4) is 0 Å². The first kappa shape index (κ1) is 10.1. The molecule has 0 amide bonds. The fourth-order valence-corrected chi connectivity index (χ4v) is 1.13. The normalized spacial score (nSPS) is 10.9. The summed E-state index contributed by atoms with van der Waals surface area (Å²) in [4.78, 5) is 10.0. The van der Waals surface area contributed by atoms with Crippen LogP contribution in [0.25, 0.3) is 0 Å². The Morgan fingerprint density at radius 2 is 1.62 bits per heavy atom. The molecule has 1 aromatic heterocycles. The van der Waals surface area contributed by atoms with Crippen molar-refractivity contribution in [1.82, 2.24) is 14.9 Å². The fraction of sp³-hybridized carbons (Fsp3) is 0.556. The van der Waals surface area contributed by atoms with Crippen LogP contribution in [0.15, 0.2) is 0 Å². The lowest BCUT2D eigenvalue weighted by Crippen LogP contribution is -2.15. The molecule has 1 aromatic rings. The molecule has 0 atom stereocenters. The third-order valence-electron chi connectivity index (χ3n) is 1.69. The summed E-state index contributed by atoms with van der Waals surface area (Å²) in [7, 11) is 3.86. The first-order valence-corrected chi connectivity index (χ1v) is 4.15. The van der Waals surface area contributed by atoms with Crippen LogP contribution in [0.4, 0.5) is 4.39 Å². The van der Waals surface area contributed by atoms with Crippen LogP contribution in [0.1, 0.15) is 17.2 Å². The topological polar surface area (TPSA) is 29.0 Å². The van der Waals surface area contributed by atoms with Gasteiger partial charge in [-0.1, -0.05) is 0 Å². The molecular formula is C9H14FN3. The molecule has 0 aliphatic rings. The average Bonchev–Trinajstić information content (AvgIpc) is 1.98. The number of aryl methyl sites for hydroxylation is 2. The third kappa shape index (κ3) is 2.45. The molecule has 0 aliphatic carbocycles. The molecule has 3 nitrogen and oxygen atoms in total. The van der Waals surface area contributed by atoms with Crippen LogP contribution in [-0.2, 0) is 6.54 Å². The minimum absolute atomic E-state index is 0.303. The minimum Gasteiger partial charge on any atom is -0.302 e. The molecule has 0 unspecified atom stereocenters. The molecule has 0 N–H and O–H groups in total. The maximum Gasteiger partial charge on any atom is 0.165 e. The van der Waals surface area contributed by atoms with E-state index in [0.29, 0.717) is 23.8 Å². The summed E-state index contributed by atoms with van der Waals surface area (Å²) in [5.41, 5.74) is 0.841. The van der Waals surface area contributed by atoms with E-state index in [1.165, 1.54) is 0 Å². The van der Waals surface area contributed by atoms with Gasteiger partial charge >= 0.3 is 0 Å². The van der Waals surface area contributed by atoms with Crippen molar-refractivity contribution in [3.05, 3.63) is 23.0 Å². The van der Waals surface area contributed by atoms with Crippen LogP contribution >= 0.6 is 0 Å². The van der Waals surface area contributed by atoms with Gasteiger partial charge in [-0.3, -0.25) is 0 Å². The van der Waals surface area contributed by atoms with Crippen molar-refractivity contribution in [3.8, 4) is 0 Å². The van der Waals surface area contributed by atoms with Gasteiger partial charge in [0, 0.05) is 0 Å². The molecule has 0 saturated carbocycles. The maximum absolute atomic E-state index is 13.1. The van der Waals surface area contributed by atoms with Crippen LogP contribution < -0.4 is 0 Å². The van der Waals surface area contributed by atoms with E-state index in [9.17, 15) is 4.39 Å². The van der Waals surface area contributed by atoms with Crippen molar-refractivity contribution >= 4 is 0 Å². The molecule has 0 spiro atoms. The predicted molar refractivity (Wildman–Crippen MR) is 48.9 cm³/mol. The molecular weight excluding hydrogens is 169 g/mol. The summed E-state index contributed by atoms with van der Waals surface area (Å²) in [5, 5.41) is 0. The molecule has 0 saturated heterocycles. The van der Waals surface area contributed by atoms with Crippen molar-refractivity contribution in [2.45, 2.75) is 20.4 Å². The van der Waals surface area contributed by atoms with Crippen molar-refractivity contribution in [2.75, 3.05) is 14.1 Å². The quantitative estimate of drug-likeness (QED) is 0.692. The van der Waals surface area contributed by atoms with Crippen LogP contribution in [0, 0.1) is 19.7 Å². The van der Waals surface area contributed by atoms with Gasteiger partial charge in [0.05, 0.1) is 17.9 Å². The second kappa shape index (κ2) is 3.79. The highest BCUT2D eigenvalue weighted by atomic mass is 19.1. The van der Waals surface area contributed by atoms with E-state index in [2.05, 4.69) is 9.97 Å². The van der Waals surface area contributed by atoms with Gasteiger partial charge in [0.15, 0.2) is 5.82 Å². The SMILES string of the molecule is Cc1nc(CN(C)C)nc(C)c1F. The van der Waals surface area contributed by atoms with Gasteiger partial charge in [0.25, 0.3) is 0 Å². The van der Waals surface area contributed by atoms with Gasteiger partial charge in [-0.2, -0.15) is 0 Å². The van der Waals surface area contributed by atoms with Crippen LogP contribution in [-0.4, -0.2) is 29.0 Å². The fourth-order valence-electron chi connectivity index (χ4n) is 1.13. The molecule has 0 fully saturated rings. The molecule has 13 heavy (non-hydrogen) atoms. The molecule has 0 aromatic carbocycles. The third-order valence-corrected chi connectivity index (χ3v) is 1.69. The van der Waals surface area contributed by atoms with Crippen molar-refractivity contribution in [1.29, 1.82) is 0 Å². The number of rotatable bonds is 2. The molecule has 1 heterocycles. The number of aromatic nitrogens is 2. The molecule has 72 valence electrons. The van der Waals surface area contributed by atoms with Gasteiger partial charge in [-0.25, -0.2) is 14.4 Å². The zero-order chi connectivity index (χ0) is 10.0. The lowest BCUT2D eigenvalue weighted by atomic mass is 10.3.